The van der Waals surface area contributed by atoms with Crippen LogP contribution < -0.4 is 10.8 Å². The number of fused-ring (bicyclic) bond motifs is 1. The topological polar surface area (TPSA) is 92.0 Å². The smallest absolute Gasteiger partial charge is 0.227 e. The maximum atomic E-state index is 12.4. The van der Waals surface area contributed by atoms with Gasteiger partial charge in [-0.05, 0) is 30.4 Å². The van der Waals surface area contributed by atoms with E-state index in [4.69, 9.17) is 12.6 Å². The molecule has 1 aliphatic heterocycles. The highest BCUT2D eigenvalue weighted by Crippen LogP contribution is 2.29. The minimum Gasteiger partial charge on any atom is -0.507 e. The monoisotopic (exact) mass is 405 g/mol. The molecular formula is C21H24BN5O3. The van der Waals surface area contributed by atoms with Crippen molar-refractivity contribution in [1.29, 1.82) is 0 Å². The number of aromatic nitrogens is 3. The normalized spacial score (nSPS) is 16.1. The zero-order chi connectivity index (χ0) is 21.1. The number of phenols is 1. The minimum atomic E-state index is -0.0176. The second-order valence-electron chi connectivity index (χ2n) is 7.48. The van der Waals surface area contributed by atoms with Gasteiger partial charge in [0.15, 0.2) is 5.65 Å². The molecular weight excluding hydrogens is 381 g/mol. The molecule has 2 N–H and O–H groups in total. The second-order valence-corrected chi connectivity index (χ2v) is 7.48. The molecule has 4 rings (SSSR count). The third kappa shape index (κ3) is 4.11. The summed E-state index contributed by atoms with van der Waals surface area (Å²) in [6.07, 6.45) is 3.12. The Bertz CT molecular complexity index is 1050. The summed E-state index contributed by atoms with van der Waals surface area (Å²) in [6, 6.07) is 8.86. The van der Waals surface area contributed by atoms with E-state index >= 15 is 0 Å². The van der Waals surface area contributed by atoms with E-state index in [2.05, 4.69) is 15.4 Å². The Hall–Kier alpha value is -3.07. The van der Waals surface area contributed by atoms with Gasteiger partial charge in [0.05, 0.1) is 18.2 Å². The molecule has 2 aromatic heterocycles. The van der Waals surface area contributed by atoms with Gasteiger partial charge in [-0.3, -0.25) is 4.79 Å². The number of para-hydroxylation sites is 1. The highest BCUT2D eigenvalue weighted by molar-refractivity contribution is 6.36. The number of carbonyl (C=O) groups excluding carboxylic acids is 1. The number of benzene rings is 1. The van der Waals surface area contributed by atoms with Crippen LogP contribution in [0.5, 0.6) is 5.75 Å². The molecule has 0 bridgehead atoms. The van der Waals surface area contributed by atoms with Crippen LogP contribution in [0, 0.1) is 5.92 Å². The number of phenolic OH excluding ortho intramolecular Hbond substituents is 1. The van der Waals surface area contributed by atoms with Crippen molar-refractivity contribution in [2.75, 3.05) is 38.7 Å². The summed E-state index contributed by atoms with van der Waals surface area (Å²) >= 11 is 0. The Morgan fingerprint density at radius 3 is 3.03 bits per heavy atom. The molecule has 1 amide bonds. The van der Waals surface area contributed by atoms with Gasteiger partial charge in [-0.25, -0.2) is 4.98 Å². The maximum absolute atomic E-state index is 12.4. The van der Waals surface area contributed by atoms with Gasteiger partial charge in [0.25, 0.3) is 0 Å². The number of nitrogens with zero attached hydrogens (tertiary/aromatic N) is 4. The molecule has 3 aromatic rings. The molecule has 1 saturated heterocycles. The predicted molar refractivity (Wildman–Crippen MR) is 115 cm³/mol. The Morgan fingerprint density at radius 2 is 2.27 bits per heavy atom. The zero-order valence-electron chi connectivity index (χ0n) is 16.9. The Kier molecular flexibility index (Phi) is 5.90. The maximum Gasteiger partial charge on any atom is 0.227 e. The molecule has 0 spiro atoms. The van der Waals surface area contributed by atoms with Crippen LogP contribution in [0.25, 0.3) is 16.9 Å². The Labute approximate surface area is 176 Å². The summed E-state index contributed by atoms with van der Waals surface area (Å²) in [5, 5.41) is 17.9. The number of ether oxygens (including phenoxy) is 1. The van der Waals surface area contributed by atoms with E-state index in [0.717, 1.165) is 12.8 Å². The van der Waals surface area contributed by atoms with Gasteiger partial charge in [-0.2, -0.15) is 9.61 Å². The van der Waals surface area contributed by atoms with E-state index in [9.17, 15) is 9.90 Å². The number of aromatic hydroxyl groups is 1. The van der Waals surface area contributed by atoms with Gasteiger partial charge in [0.1, 0.15) is 19.4 Å². The van der Waals surface area contributed by atoms with Crippen LogP contribution >= 0.6 is 0 Å². The van der Waals surface area contributed by atoms with Gasteiger partial charge in [-0.1, -0.05) is 12.1 Å². The van der Waals surface area contributed by atoms with Crippen molar-refractivity contribution in [3.63, 3.8) is 0 Å². The number of carbonyl (C=O) groups is 1. The third-order valence-corrected chi connectivity index (χ3v) is 5.31. The first kappa shape index (κ1) is 20.2. The first-order chi connectivity index (χ1) is 14.5. The molecule has 1 unspecified atom stereocenters. The van der Waals surface area contributed by atoms with Crippen molar-refractivity contribution in [2.24, 2.45) is 5.92 Å². The molecule has 9 heteroatoms. The first-order valence-corrected chi connectivity index (χ1v) is 10.0. The lowest BCUT2D eigenvalue weighted by Gasteiger charge is -2.20. The molecule has 1 atom stereocenters. The number of hydrogen-bond acceptors (Lipinski definition) is 6. The lowest BCUT2D eigenvalue weighted by molar-refractivity contribution is -0.134. The average Bonchev–Trinajstić information content (AvgIpc) is 3.41. The van der Waals surface area contributed by atoms with Gasteiger partial charge >= 0.3 is 0 Å². The molecule has 1 aliphatic rings. The molecule has 0 aliphatic carbocycles. The average molecular weight is 405 g/mol. The summed E-state index contributed by atoms with van der Waals surface area (Å²) < 4.78 is 6.95. The highest BCUT2D eigenvalue weighted by atomic mass is 16.5. The van der Waals surface area contributed by atoms with Crippen molar-refractivity contribution in [3.8, 4) is 17.0 Å². The fraction of sp³-hybridized carbons (Fsp3) is 0.381. The van der Waals surface area contributed by atoms with Crippen LogP contribution in [0.3, 0.4) is 0 Å². The molecule has 2 radical (unpaired) electrons. The summed E-state index contributed by atoms with van der Waals surface area (Å²) in [6.45, 7) is 2.46. The number of anilines is 1. The van der Waals surface area contributed by atoms with Crippen molar-refractivity contribution in [3.05, 3.63) is 36.5 Å². The largest absolute Gasteiger partial charge is 0.507 e. The van der Waals surface area contributed by atoms with E-state index in [1.165, 1.54) is 0 Å². The lowest BCUT2D eigenvalue weighted by atomic mass is 10.0. The number of nitrogens with one attached hydrogen (secondary N) is 1. The van der Waals surface area contributed by atoms with E-state index in [0.29, 0.717) is 54.5 Å². The number of amides is 1. The van der Waals surface area contributed by atoms with Crippen molar-refractivity contribution in [2.45, 2.75) is 12.8 Å². The number of hydrogen-bond donors (Lipinski definition) is 2. The highest BCUT2D eigenvalue weighted by Gasteiger charge is 2.25. The quantitative estimate of drug-likeness (QED) is 0.453. The van der Waals surface area contributed by atoms with Crippen LogP contribution in [0.4, 0.5) is 5.82 Å². The number of rotatable bonds is 7. The Balaban J connectivity index is 1.46. The van der Waals surface area contributed by atoms with E-state index in [1.807, 2.05) is 19.2 Å². The van der Waals surface area contributed by atoms with E-state index in [1.54, 1.807) is 33.8 Å². The van der Waals surface area contributed by atoms with Crippen molar-refractivity contribution >= 4 is 30.7 Å². The molecule has 154 valence electrons. The zero-order valence-corrected chi connectivity index (χ0v) is 16.9. The van der Waals surface area contributed by atoms with Gasteiger partial charge < -0.3 is 20.1 Å². The summed E-state index contributed by atoms with van der Waals surface area (Å²) in [7, 11) is 7.86. The SMILES string of the molecule is [B]c1cnn2c(NCCCN(C)C(=O)C3CCOC3)cc(-c3ccccc3O)nc12. The molecule has 1 aromatic carbocycles. The second kappa shape index (κ2) is 8.75. The first-order valence-electron chi connectivity index (χ1n) is 10.0. The molecule has 0 saturated carbocycles. The van der Waals surface area contributed by atoms with Crippen molar-refractivity contribution < 1.29 is 14.6 Å². The van der Waals surface area contributed by atoms with Gasteiger partial charge in [0, 0.05) is 44.6 Å². The summed E-state index contributed by atoms with van der Waals surface area (Å²) in [5.74, 6) is 0.985. The fourth-order valence-electron chi connectivity index (χ4n) is 3.62. The van der Waals surface area contributed by atoms with Crippen molar-refractivity contribution in [1.82, 2.24) is 19.5 Å². The van der Waals surface area contributed by atoms with Crippen LogP contribution in [0.1, 0.15) is 12.8 Å². The standard InChI is InChI=1S/C21H24BN5O3/c1-26(21(29)14-7-10-30-13-14)9-4-8-23-19-11-17(15-5-2-3-6-18(15)28)25-20-16(22)12-24-27(19)20/h2-3,5-6,11-12,14,23,28H,4,7-10,13H2,1H3. The molecule has 30 heavy (non-hydrogen) atoms. The molecule has 1 fully saturated rings. The Morgan fingerprint density at radius 1 is 1.43 bits per heavy atom. The minimum absolute atomic E-state index is 0.0176. The van der Waals surface area contributed by atoms with E-state index < -0.39 is 0 Å². The van der Waals surface area contributed by atoms with Gasteiger partial charge in [-0.15, -0.1) is 0 Å². The van der Waals surface area contributed by atoms with Crippen LogP contribution in [0.15, 0.2) is 36.5 Å². The third-order valence-electron chi connectivity index (χ3n) is 5.31. The summed E-state index contributed by atoms with van der Waals surface area (Å²) in [5.41, 5.74) is 2.20. The van der Waals surface area contributed by atoms with Crippen LogP contribution in [0.2, 0.25) is 0 Å². The molecule has 8 nitrogen and oxygen atoms in total. The van der Waals surface area contributed by atoms with Crippen LogP contribution in [-0.2, 0) is 9.53 Å². The molecule has 3 heterocycles. The predicted octanol–water partition coefficient (Wildman–Crippen LogP) is 1.19. The lowest BCUT2D eigenvalue weighted by Crippen LogP contribution is -2.34. The van der Waals surface area contributed by atoms with Crippen LogP contribution in [-0.4, -0.2) is 71.7 Å². The fourth-order valence-corrected chi connectivity index (χ4v) is 3.62. The summed E-state index contributed by atoms with van der Waals surface area (Å²) in [4.78, 5) is 18.7. The van der Waals surface area contributed by atoms with Gasteiger partial charge in [0.2, 0.25) is 5.91 Å². The van der Waals surface area contributed by atoms with E-state index in [-0.39, 0.29) is 17.6 Å².